The van der Waals surface area contributed by atoms with Crippen LogP contribution in [0.3, 0.4) is 0 Å². The monoisotopic (exact) mass is 231 g/mol. The van der Waals surface area contributed by atoms with Gasteiger partial charge in [-0.1, -0.05) is 29.8 Å². The molecular weight excluding hydrogens is 222 g/mol. The smallest absolute Gasteiger partial charge is 0.258 e. The lowest BCUT2D eigenvalue weighted by Gasteiger charge is -1.88. The zero-order valence-corrected chi connectivity index (χ0v) is 8.54. The number of rotatable bonds is 1. The third-order valence-electron chi connectivity index (χ3n) is 1.04. The topological polar surface area (TPSA) is 43.1 Å². The molecule has 0 bridgehead atoms. The number of non-ortho nitro benzene ring substituents is 1. The quantitative estimate of drug-likeness (QED) is 0.550. The fraction of sp³-hybridized carbons (Fsp3) is 0.250. The van der Waals surface area contributed by atoms with Gasteiger partial charge in [0.15, 0.2) is 0 Å². The second-order valence-electron chi connectivity index (χ2n) is 1.73. The lowest BCUT2D eigenvalue weighted by Crippen LogP contribution is -1.85. The summed E-state index contributed by atoms with van der Waals surface area (Å²) >= 11 is 3.17. The van der Waals surface area contributed by atoms with Crippen molar-refractivity contribution in [2.45, 2.75) is 13.8 Å². The summed E-state index contributed by atoms with van der Waals surface area (Å²) < 4.78 is 0.845. The molecule has 0 radical (unpaired) electrons. The number of halogens is 1. The normalized spacial score (nSPS) is 8.25. The number of hydrogen-bond donors (Lipinski definition) is 0. The second-order valence-corrected chi connectivity index (χ2v) is 2.65. The summed E-state index contributed by atoms with van der Waals surface area (Å²) in [4.78, 5) is 9.68. The first kappa shape index (κ1) is 11.1. The number of nitro benzene ring substituents is 1. The summed E-state index contributed by atoms with van der Waals surface area (Å²) in [6.07, 6.45) is 0. The molecule has 0 saturated heterocycles. The summed E-state index contributed by atoms with van der Waals surface area (Å²) in [6.45, 7) is 4.00. The molecule has 0 aliphatic rings. The molecule has 4 heteroatoms. The Morgan fingerprint density at radius 3 is 2.00 bits per heavy atom. The minimum atomic E-state index is -0.424. The maximum atomic E-state index is 10.1. The highest BCUT2D eigenvalue weighted by Gasteiger charge is 2.01. The third-order valence-corrected chi connectivity index (χ3v) is 1.57. The second kappa shape index (κ2) is 5.71. The number of nitro groups is 1. The molecule has 0 saturated carbocycles. The Hall–Kier alpha value is -0.900. The summed E-state index contributed by atoms with van der Waals surface area (Å²) in [6, 6.07) is 6.17. The average molecular weight is 232 g/mol. The van der Waals surface area contributed by atoms with Crippen LogP contribution in [0.5, 0.6) is 0 Å². The van der Waals surface area contributed by atoms with E-state index >= 15 is 0 Å². The molecular formula is C8H10BrNO2. The Labute approximate surface area is 79.7 Å². The Bertz CT molecular complexity index is 246. The molecule has 0 heterocycles. The fourth-order valence-electron chi connectivity index (χ4n) is 0.563. The highest BCUT2D eigenvalue weighted by molar-refractivity contribution is 9.10. The first-order valence-electron chi connectivity index (χ1n) is 3.60. The molecule has 0 spiro atoms. The van der Waals surface area contributed by atoms with E-state index in [-0.39, 0.29) is 5.69 Å². The Balaban J connectivity index is 0.000000561. The molecule has 1 aromatic carbocycles. The van der Waals surface area contributed by atoms with E-state index in [1.54, 1.807) is 12.1 Å². The van der Waals surface area contributed by atoms with Crippen molar-refractivity contribution in [2.24, 2.45) is 0 Å². The van der Waals surface area contributed by atoms with Gasteiger partial charge in [0.1, 0.15) is 0 Å². The standard InChI is InChI=1S/C6H4BrNO2.C2H6/c7-5-1-3-6(4-2-5)8(9)10;1-2/h1-4H;1-2H3. The molecule has 3 nitrogen and oxygen atoms in total. The van der Waals surface area contributed by atoms with Crippen molar-refractivity contribution in [3.8, 4) is 0 Å². The molecule has 66 valence electrons. The molecule has 0 atom stereocenters. The van der Waals surface area contributed by atoms with E-state index in [0.29, 0.717) is 0 Å². The average Bonchev–Trinajstić information content (AvgIpc) is 2.09. The molecule has 1 rings (SSSR count). The first-order valence-corrected chi connectivity index (χ1v) is 4.39. The zero-order chi connectivity index (χ0) is 9.56. The van der Waals surface area contributed by atoms with E-state index in [1.807, 2.05) is 13.8 Å². The lowest BCUT2D eigenvalue weighted by atomic mass is 10.3. The maximum absolute atomic E-state index is 10.1. The van der Waals surface area contributed by atoms with Crippen LogP contribution in [0, 0.1) is 10.1 Å². The largest absolute Gasteiger partial charge is 0.269 e. The van der Waals surface area contributed by atoms with Crippen LogP contribution < -0.4 is 0 Å². The maximum Gasteiger partial charge on any atom is 0.269 e. The fourth-order valence-corrected chi connectivity index (χ4v) is 0.827. The number of benzene rings is 1. The van der Waals surface area contributed by atoms with Gasteiger partial charge in [-0.15, -0.1) is 0 Å². The highest BCUT2D eigenvalue weighted by Crippen LogP contribution is 2.15. The molecule has 0 unspecified atom stereocenters. The molecule has 0 fully saturated rings. The van der Waals surface area contributed by atoms with Crippen molar-refractivity contribution in [3.63, 3.8) is 0 Å². The minimum Gasteiger partial charge on any atom is -0.258 e. The van der Waals surface area contributed by atoms with Gasteiger partial charge in [0.05, 0.1) is 4.92 Å². The summed E-state index contributed by atoms with van der Waals surface area (Å²) in [5.41, 5.74) is 0.114. The van der Waals surface area contributed by atoms with Crippen LogP contribution in [-0.4, -0.2) is 4.92 Å². The van der Waals surface area contributed by atoms with Crippen molar-refractivity contribution < 1.29 is 4.92 Å². The van der Waals surface area contributed by atoms with Gasteiger partial charge in [-0.05, 0) is 12.1 Å². The van der Waals surface area contributed by atoms with Crippen LogP contribution in [0.2, 0.25) is 0 Å². The van der Waals surface area contributed by atoms with Gasteiger partial charge >= 0.3 is 0 Å². The van der Waals surface area contributed by atoms with E-state index in [1.165, 1.54) is 12.1 Å². The Kier molecular flexibility index (Phi) is 5.28. The zero-order valence-electron chi connectivity index (χ0n) is 6.95. The molecule has 0 amide bonds. The van der Waals surface area contributed by atoms with E-state index < -0.39 is 4.92 Å². The van der Waals surface area contributed by atoms with Crippen LogP contribution in [0.1, 0.15) is 13.8 Å². The van der Waals surface area contributed by atoms with Crippen LogP contribution in [-0.2, 0) is 0 Å². The van der Waals surface area contributed by atoms with Crippen molar-refractivity contribution in [2.75, 3.05) is 0 Å². The number of hydrogen-bond acceptors (Lipinski definition) is 2. The molecule has 12 heavy (non-hydrogen) atoms. The highest BCUT2D eigenvalue weighted by atomic mass is 79.9. The van der Waals surface area contributed by atoms with E-state index in [4.69, 9.17) is 0 Å². The molecule has 1 aromatic rings. The van der Waals surface area contributed by atoms with Gasteiger partial charge in [-0.25, -0.2) is 0 Å². The van der Waals surface area contributed by atoms with E-state index in [2.05, 4.69) is 15.9 Å². The Morgan fingerprint density at radius 2 is 1.67 bits per heavy atom. The lowest BCUT2D eigenvalue weighted by molar-refractivity contribution is -0.384. The summed E-state index contributed by atoms with van der Waals surface area (Å²) in [5.74, 6) is 0. The van der Waals surface area contributed by atoms with Crippen LogP contribution >= 0.6 is 15.9 Å². The minimum absolute atomic E-state index is 0.114. The van der Waals surface area contributed by atoms with Crippen LogP contribution in [0.15, 0.2) is 28.7 Å². The summed E-state index contributed by atoms with van der Waals surface area (Å²) in [7, 11) is 0. The summed E-state index contributed by atoms with van der Waals surface area (Å²) in [5, 5.41) is 10.1. The van der Waals surface area contributed by atoms with Gasteiger partial charge in [-0.3, -0.25) is 10.1 Å². The number of nitrogens with zero attached hydrogens (tertiary/aromatic N) is 1. The first-order chi connectivity index (χ1) is 5.70. The van der Waals surface area contributed by atoms with Crippen LogP contribution in [0.25, 0.3) is 0 Å². The Morgan fingerprint density at radius 1 is 1.25 bits per heavy atom. The van der Waals surface area contributed by atoms with Gasteiger partial charge < -0.3 is 0 Å². The van der Waals surface area contributed by atoms with Gasteiger partial charge in [0, 0.05) is 16.6 Å². The van der Waals surface area contributed by atoms with Crippen LogP contribution in [0.4, 0.5) is 5.69 Å². The van der Waals surface area contributed by atoms with Gasteiger partial charge in [0.2, 0.25) is 0 Å². The SMILES string of the molecule is CC.O=[N+]([O-])c1ccc(Br)cc1. The van der Waals surface area contributed by atoms with Gasteiger partial charge in [-0.2, -0.15) is 0 Å². The van der Waals surface area contributed by atoms with Gasteiger partial charge in [0.25, 0.3) is 5.69 Å². The molecule has 0 aliphatic heterocycles. The van der Waals surface area contributed by atoms with Crippen molar-refractivity contribution >= 4 is 21.6 Å². The predicted molar refractivity (Wildman–Crippen MR) is 52.1 cm³/mol. The molecule has 0 aliphatic carbocycles. The molecule has 0 N–H and O–H groups in total. The van der Waals surface area contributed by atoms with Crippen molar-refractivity contribution in [1.82, 2.24) is 0 Å². The van der Waals surface area contributed by atoms with E-state index in [9.17, 15) is 10.1 Å². The third kappa shape index (κ3) is 3.48. The molecule has 0 aromatic heterocycles. The van der Waals surface area contributed by atoms with E-state index in [0.717, 1.165) is 4.47 Å². The van der Waals surface area contributed by atoms with Crippen molar-refractivity contribution in [3.05, 3.63) is 38.9 Å². The van der Waals surface area contributed by atoms with Crippen molar-refractivity contribution in [1.29, 1.82) is 0 Å². The predicted octanol–water partition coefficient (Wildman–Crippen LogP) is 3.38.